The molecule has 0 aromatic carbocycles. The fourth-order valence-electron chi connectivity index (χ4n) is 2.16. The number of pyridine rings is 1. The normalized spacial score (nSPS) is 12.4. The number of hydrogen-bond donors (Lipinski definition) is 1. The van der Waals surface area contributed by atoms with E-state index in [1.807, 2.05) is 6.20 Å². The molecule has 3 heteroatoms. The van der Waals surface area contributed by atoms with Crippen LogP contribution < -0.4 is 10.2 Å². The first-order chi connectivity index (χ1) is 8.72. The number of anilines is 1. The van der Waals surface area contributed by atoms with Crippen LogP contribution in [0.3, 0.4) is 0 Å². The van der Waals surface area contributed by atoms with Crippen LogP contribution in [0.5, 0.6) is 0 Å². The van der Waals surface area contributed by atoms with Crippen molar-refractivity contribution >= 4 is 5.69 Å². The van der Waals surface area contributed by atoms with E-state index in [-0.39, 0.29) is 0 Å². The van der Waals surface area contributed by atoms with E-state index >= 15 is 0 Å². The molecule has 1 unspecified atom stereocenters. The Morgan fingerprint density at radius 2 is 1.83 bits per heavy atom. The predicted octanol–water partition coefficient (Wildman–Crippen LogP) is 3.38. The first kappa shape index (κ1) is 15.0. The Labute approximate surface area is 112 Å². The highest BCUT2D eigenvalue weighted by molar-refractivity contribution is 5.44. The summed E-state index contributed by atoms with van der Waals surface area (Å²) in [6, 6.07) is 4.66. The summed E-state index contributed by atoms with van der Waals surface area (Å²) >= 11 is 0. The van der Waals surface area contributed by atoms with Gasteiger partial charge in [0, 0.05) is 19.1 Å². The number of hydrogen-bond acceptors (Lipinski definition) is 3. The van der Waals surface area contributed by atoms with Crippen molar-refractivity contribution in [1.82, 2.24) is 10.3 Å². The summed E-state index contributed by atoms with van der Waals surface area (Å²) in [7, 11) is 0. The third-order valence-corrected chi connectivity index (χ3v) is 3.08. The van der Waals surface area contributed by atoms with E-state index in [0.717, 1.165) is 25.3 Å². The molecule has 0 radical (unpaired) electrons. The Hall–Kier alpha value is -1.09. The molecule has 0 amide bonds. The van der Waals surface area contributed by atoms with E-state index in [0.29, 0.717) is 6.04 Å². The lowest BCUT2D eigenvalue weighted by atomic mass is 10.2. The Morgan fingerprint density at radius 1 is 1.17 bits per heavy atom. The number of nitrogens with one attached hydrogen (secondary N) is 1. The van der Waals surface area contributed by atoms with Crippen molar-refractivity contribution in [1.29, 1.82) is 0 Å². The highest BCUT2D eigenvalue weighted by Gasteiger charge is 2.08. The fraction of sp³-hybridized carbons (Fsp3) is 0.667. The molecule has 1 heterocycles. The van der Waals surface area contributed by atoms with E-state index < -0.39 is 0 Å². The van der Waals surface area contributed by atoms with Crippen molar-refractivity contribution in [3.05, 3.63) is 24.0 Å². The van der Waals surface area contributed by atoms with Gasteiger partial charge in [0.15, 0.2) is 0 Å². The summed E-state index contributed by atoms with van der Waals surface area (Å²) in [5, 5.41) is 3.38. The van der Waals surface area contributed by atoms with Gasteiger partial charge < -0.3 is 10.2 Å². The smallest absolute Gasteiger partial charge is 0.0572 e. The van der Waals surface area contributed by atoms with Crippen molar-refractivity contribution in [2.45, 2.75) is 46.6 Å². The average Bonchev–Trinajstić information content (AvgIpc) is 2.39. The van der Waals surface area contributed by atoms with Crippen molar-refractivity contribution in [3.8, 4) is 0 Å². The van der Waals surface area contributed by atoms with Gasteiger partial charge in [0.25, 0.3) is 0 Å². The maximum atomic E-state index is 4.58. The number of aromatic nitrogens is 1. The standard InChI is InChI=1S/C15H27N3/c1-5-10-18(11-6-2)14-8-9-15(17-12-14)13(4)16-7-3/h8-9,12-13,16H,5-7,10-11H2,1-4H3. The van der Waals surface area contributed by atoms with Crippen LogP contribution in [0.15, 0.2) is 18.3 Å². The number of nitrogens with zero attached hydrogens (tertiary/aromatic N) is 2. The maximum absolute atomic E-state index is 4.58. The first-order valence-corrected chi connectivity index (χ1v) is 7.17. The molecule has 102 valence electrons. The predicted molar refractivity (Wildman–Crippen MR) is 79.1 cm³/mol. The van der Waals surface area contributed by atoms with Crippen molar-refractivity contribution < 1.29 is 0 Å². The summed E-state index contributed by atoms with van der Waals surface area (Å²) in [4.78, 5) is 6.99. The van der Waals surface area contributed by atoms with Gasteiger partial charge in [-0.15, -0.1) is 0 Å². The second kappa shape index (κ2) is 8.09. The molecule has 1 aromatic rings. The maximum Gasteiger partial charge on any atom is 0.0572 e. The van der Waals surface area contributed by atoms with Crippen LogP contribution in [0.25, 0.3) is 0 Å². The zero-order valence-corrected chi connectivity index (χ0v) is 12.2. The molecule has 0 spiro atoms. The van der Waals surface area contributed by atoms with Crippen molar-refractivity contribution in [2.75, 3.05) is 24.5 Å². The molecule has 0 aliphatic carbocycles. The van der Waals surface area contributed by atoms with Gasteiger partial charge in [-0.3, -0.25) is 4.98 Å². The largest absolute Gasteiger partial charge is 0.370 e. The fourth-order valence-corrected chi connectivity index (χ4v) is 2.16. The molecule has 0 aliphatic rings. The average molecular weight is 249 g/mol. The lowest BCUT2D eigenvalue weighted by Crippen LogP contribution is -2.25. The minimum atomic E-state index is 0.329. The summed E-state index contributed by atoms with van der Waals surface area (Å²) < 4.78 is 0. The van der Waals surface area contributed by atoms with E-state index in [9.17, 15) is 0 Å². The lowest BCUT2D eigenvalue weighted by molar-refractivity contribution is 0.583. The lowest BCUT2D eigenvalue weighted by Gasteiger charge is -2.24. The van der Waals surface area contributed by atoms with Crippen LogP contribution in [0.1, 0.15) is 52.3 Å². The molecule has 18 heavy (non-hydrogen) atoms. The van der Waals surface area contributed by atoms with Gasteiger partial charge in [0.2, 0.25) is 0 Å². The molecule has 3 nitrogen and oxygen atoms in total. The summed E-state index contributed by atoms with van der Waals surface area (Å²) in [6.45, 7) is 11.9. The molecule has 0 bridgehead atoms. The SMILES string of the molecule is CCCN(CCC)c1ccc(C(C)NCC)nc1. The van der Waals surface area contributed by atoms with E-state index in [1.165, 1.54) is 18.5 Å². The van der Waals surface area contributed by atoms with E-state index in [4.69, 9.17) is 0 Å². The molecular weight excluding hydrogens is 222 g/mol. The highest BCUT2D eigenvalue weighted by atomic mass is 15.1. The molecule has 1 aromatic heterocycles. The molecule has 1 rings (SSSR count). The van der Waals surface area contributed by atoms with Gasteiger partial charge >= 0.3 is 0 Å². The molecular formula is C15H27N3. The van der Waals surface area contributed by atoms with E-state index in [1.54, 1.807) is 0 Å². The third-order valence-electron chi connectivity index (χ3n) is 3.08. The van der Waals surface area contributed by atoms with E-state index in [2.05, 4.69) is 55.0 Å². The van der Waals surface area contributed by atoms with Crippen LogP contribution in [-0.2, 0) is 0 Å². The van der Waals surface area contributed by atoms with Crippen molar-refractivity contribution in [3.63, 3.8) is 0 Å². The van der Waals surface area contributed by atoms with Gasteiger partial charge in [-0.1, -0.05) is 20.8 Å². The molecule has 0 aliphatic heterocycles. The zero-order valence-electron chi connectivity index (χ0n) is 12.2. The number of rotatable bonds is 8. The third kappa shape index (κ3) is 4.30. The topological polar surface area (TPSA) is 28.2 Å². The van der Waals surface area contributed by atoms with Crippen LogP contribution in [0.4, 0.5) is 5.69 Å². The van der Waals surface area contributed by atoms with Gasteiger partial charge in [0.05, 0.1) is 17.6 Å². The second-order valence-corrected chi connectivity index (χ2v) is 4.71. The molecule has 1 N–H and O–H groups in total. The highest BCUT2D eigenvalue weighted by Crippen LogP contribution is 2.17. The van der Waals surface area contributed by atoms with Gasteiger partial charge in [-0.05, 0) is 38.4 Å². The Balaban J connectivity index is 2.73. The monoisotopic (exact) mass is 249 g/mol. The quantitative estimate of drug-likeness (QED) is 0.765. The van der Waals surface area contributed by atoms with Crippen LogP contribution >= 0.6 is 0 Å². The Morgan fingerprint density at radius 3 is 2.28 bits per heavy atom. The van der Waals surface area contributed by atoms with Crippen LogP contribution in [-0.4, -0.2) is 24.6 Å². The van der Waals surface area contributed by atoms with Crippen LogP contribution in [0, 0.1) is 0 Å². The molecule has 1 atom stereocenters. The Bertz CT molecular complexity index is 315. The zero-order chi connectivity index (χ0) is 13.4. The first-order valence-electron chi connectivity index (χ1n) is 7.17. The summed E-state index contributed by atoms with van der Waals surface area (Å²) in [6.07, 6.45) is 4.36. The second-order valence-electron chi connectivity index (χ2n) is 4.71. The molecule has 0 saturated carbocycles. The van der Waals surface area contributed by atoms with Gasteiger partial charge in [-0.25, -0.2) is 0 Å². The Kier molecular flexibility index (Phi) is 6.73. The minimum absolute atomic E-state index is 0.329. The molecule has 0 fully saturated rings. The summed E-state index contributed by atoms with van der Waals surface area (Å²) in [5.41, 5.74) is 2.36. The van der Waals surface area contributed by atoms with Gasteiger partial charge in [-0.2, -0.15) is 0 Å². The van der Waals surface area contributed by atoms with Crippen LogP contribution in [0.2, 0.25) is 0 Å². The van der Waals surface area contributed by atoms with Crippen molar-refractivity contribution in [2.24, 2.45) is 0 Å². The van der Waals surface area contributed by atoms with Gasteiger partial charge in [0.1, 0.15) is 0 Å². The minimum Gasteiger partial charge on any atom is -0.370 e. The molecule has 0 saturated heterocycles. The summed E-state index contributed by atoms with van der Waals surface area (Å²) in [5.74, 6) is 0.